The lowest BCUT2D eigenvalue weighted by molar-refractivity contribution is -0.142. The van der Waals surface area contributed by atoms with Gasteiger partial charge in [-0.05, 0) is 39.5 Å². The van der Waals surface area contributed by atoms with Crippen LogP contribution in [0.5, 0.6) is 0 Å². The molecule has 4 nitrogen and oxygen atoms in total. The van der Waals surface area contributed by atoms with E-state index in [2.05, 4.69) is 26.0 Å². The quantitative estimate of drug-likeness (QED) is 0.510. The van der Waals surface area contributed by atoms with Crippen LogP contribution in [-0.4, -0.2) is 25.2 Å². The normalized spacial score (nSPS) is 36.1. The Morgan fingerprint density at radius 3 is 1.64 bits per heavy atom. The molecule has 0 N–H and O–H groups in total. The van der Waals surface area contributed by atoms with E-state index < -0.39 is 0 Å². The van der Waals surface area contributed by atoms with Crippen molar-refractivity contribution in [1.82, 2.24) is 0 Å². The van der Waals surface area contributed by atoms with Crippen LogP contribution in [-0.2, 0) is 19.1 Å². The molecule has 0 amide bonds. The highest BCUT2D eigenvalue weighted by molar-refractivity contribution is 5.76. The van der Waals surface area contributed by atoms with Crippen molar-refractivity contribution in [3.8, 4) is 0 Å². The third-order valence-corrected chi connectivity index (χ3v) is 5.17. The van der Waals surface area contributed by atoms with Crippen molar-refractivity contribution in [2.45, 2.75) is 39.5 Å². The predicted molar refractivity (Wildman–Crippen MR) is 81.9 cm³/mol. The fourth-order valence-corrected chi connectivity index (χ4v) is 3.81. The second-order valence-electron chi connectivity index (χ2n) is 6.90. The van der Waals surface area contributed by atoms with E-state index in [4.69, 9.17) is 9.47 Å². The van der Waals surface area contributed by atoms with Gasteiger partial charge in [0.15, 0.2) is 0 Å². The summed E-state index contributed by atoms with van der Waals surface area (Å²) in [6.07, 6.45) is 8.50. The Labute approximate surface area is 131 Å². The highest BCUT2D eigenvalue weighted by Gasteiger charge is 2.37. The maximum atomic E-state index is 11.1. The van der Waals surface area contributed by atoms with Gasteiger partial charge in [0.1, 0.15) is 0 Å². The molecule has 0 spiro atoms. The zero-order chi connectivity index (χ0) is 15.7. The molecular formula is C18H24O4. The molecule has 4 aliphatic rings. The second kappa shape index (κ2) is 6.27. The number of hydrogen-bond donors (Lipinski definition) is 0. The predicted octanol–water partition coefficient (Wildman–Crippen LogP) is 3.03. The number of esters is 2. The van der Waals surface area contributed by atoms with Gasteiger partial charge in [0, 0.05) is 11.8 Å². The minimum Gasteiger partial charge on any atom is -0.465 e. The van der Waals surface area contributed by atoms with Gasteiger partial charge >= 0.3 is 11.9 Å². The maximum absolute atomic E-state index is 11.1. The summed E-state index contributed by atoms with van der Waals surface area (Å²) in [5.41, 5.74) is 2.81. The molecule has 2 saturated heterocycles. The van der Waals surface area contributed by atoms with Gasteiger partial charge in [-0.3, -0.25) is 9.59 Å². The molecular weight excluding hydrogens is 280 g/mol. The van der Waals surface area contributed by atoms with Crippen molar-refractivity contribution in [3.63, 3.8) is 0 Å². The number of allylic oxidation sites excluding steroid dienone is 2. The molecule has 4 atom stereocenters. The molecule has 2 aliphatic heterocycles. The van der Waals surface area contributed by atoms with Gasteiger partial charge < -0.3 is 9.47 Å². The molecule has 2 fully saturated rings. The molecule has 4 heteroatoms. The molecule has 0 aromatic heterocycles. The van der Waals surface area contributed by atoms with Gasteiger partial charge in [0.05, 0.1) is 25.0 Å². The Bertz CT molecular complexity index is 483. The maximum Gasteiger partial charge on any atom is 0.309 e. The number of cyclic esters (lactones) is 2. The monoisotopic (exact) mass is 304 g/mol. The fourth-order valence-electron chi connectivity index (χ4n) is 3.81. The van der Waals surface area contributed by atoms with Crippen LogP contribution in [0.25, 0.3) is 0 Å². The van der Waals surface area contributed by atoms with Crippen molar-refractivity contribution in [2.24, 2.45) is 23.7 Å². The van der Waals surface area contributed by atoms with E-state index in [1.165, 1.54) is 11.1 Å². The minimum atomic E-state index is 0.0127. The first-order valence-electron chi connectivity index (χ1n) is 8.22. The van der Waals surface area contributed by atoms with Crippen LogP contribution in [0.4, 0.5) is 0 Å². The second-order valence-corrected chi connectivity index (χ2v) is 6.90. The standard InChI is InChI=1S/2C9H12O2/c2*1-6-2-3-8-7(4-6)5-11-9(8)10/h2*4,7-8H,2-3,5H2,1H3/t7-,8+;7-,8-/m00/s1. The van der Waals surface area contributed by atoms with Crippen molar-refractivity contribution >= 4 is 11.9 Å². The molecule has 0 bridgehead atoms. The number of carbonyl (C=O) groups is 2. The summed E-state index contributed by atoms with van der Waals surface area (Å²) in [5, 5.41) is 0. The summed E-state index contributed by atoms with van der Waals surface area (Å²) in [6.45, 7) is 5.47. The molecule has 4 rings (SSSR count). The number of fused-ring (bicyclic) bond motifs is 2. The van der Waals surface area contributed by atoms with Crippen molar-refractivity contribution < 1.29 is 19.1 Å². The molecule has 120 valence electrons. The largest absolute Gasteiger partial charge is 0.465 e. The number of ether oxygens (including phenoxy) is 2. The van der Waals surface area contributed by atoms with Gasteiger partial charge in [-0.1, -0.05) is 23.3 Å². The third-order valence-electron chi connectivity index (χ3n) is 5.17. The van der Waals surface area contributed by atoms with E-state index in [-0.39, 0.29) is 23.8 Å². The molecule has 0 radical (unpaired) electrons. The van der Waals surface area contributed by atoms with Gasteiger partial charge in [0.25, 0.3) is 0 Å². The molecule has 0 saturated carbocycles. The lowest BCUT2D eigenvalue weighted by atomic mass is 9.83. The smallest absolute Gasteiger partial charge is 0.309 e. The number of hydrogen-bond acceptors (Lipinski definition) is 4. The zero-order valence-corrected chi connectivity index (χ0v) is 13.3. The fraction of sp³-hybridized carbons (Fsp3) is 0.667. The van der Waals surface area contributed by atoms with Crippen LogP contribution < -0.4 is 0 Å². The summed E-state index contributed by atoms with van der Waals surface area (Å²) in [7, 11) is 0. The molecule has 22 heavy (non-hydrogen) atoms. The molecule has 0 aromatic carbocycles. The summed E-state index contributed by atoms with van der Waals surface area (Å²) in [4.78, 5) is 22.1. The average molecular weight is 304 g/mol. The SMILES string of the molecule is CC1=C[C@H]2COC(=O)[C@@H]2CC1.CC1=C[C@H]2COC(=O)[C@H]2CC1. The van der Waals surface area contributed by atoms with Crippen LogP contribution in [0.15, 0.2) is 23.3 Å². The molecule has 2 aliphatic carbocycles. The van der Waals surface area contributed by atoms with Gasteiger partial charge in [-0.15, -0.1) is 0 Å². The first-order chi connectivity index (χ1) is 10.5. The van der Waals surface area contributed by atoms with Crippen molar-refractivity contribution in [3.05, 3.63) is 23.3 Å². The van der Waals surface area contributed by atoms with Crippen LogP contribution in [0.2, 0.25) is 0 Å². The summed E-state index contributed by atoms with van der Waals surface area (Å²) in [6, 6.07) is 0. The van der Waals surface area contributed by atoms with E-state index in [1.807, 2.05) is 0 Å². The van der Waals surface area contributed by atoms with Crippen LogP contribution >= 0.6 is 0 Å². The number of rotatable bonds is 0. The first-order valence-corrected chi connectivity index (χ1v) is 8.22. The van der Waals surface area contributed by atoms with Crippen molar-refractivity contribution in [2.75, 3.05) is 13.2 Å². The summed E-state index contributed by atoms with van der Waals surface area (Å²) >= 11 is 0. The third kappa shape index (κ3) is 3.11. The highest BCUT2D eigenvalue weighted by Crippen LogP contribution is 2.34. The Hall–Kier alpha value is -1.58. The highest BCUT2D eigenvalue weighted by atomic mass is 16.5. The van der Waals surface area contributed by atoms with E-state index in [9.17, 15) is 9.59 Å². The van der Waals surface area contributed by atoms with E-state index in [0.717, 1.165) is 25.7 Å². The van der Waals surface area contributed by atoms with Crippen LogP contribution in [0.1, 0.15) is 39.5 Å². The Balaban J connectivity index is 0.000000131. The van der Waals surface area contributed by atoms with Gasteiger partial charge in [-0.2, -0.15) is 0 Å². The minimum absolute atomic E-state index is 0.0127. The van der Waals surface area contributed by atoms with Crippen LogP contribution in [0, 0.1) is 23.7 Å². The zero-order valence-electron chi connectivity index (χ0n) is 13.3. The number of carbonyl (C=O) groups excluding carboxylic acids is 2. The lowest BCUT2D eigenvalue weighted by Crippen LogP contribution is -2.17. The lowest BCUT2D eigenvalue weighted by Gasteiger charge is -2.17. The summed E-state index contributed by atoms with van der Waals surface area (Å²) < 4.78 is 9.93. The van der Waals surface area contributed by atoms with Gasteiger partial charge in [-0.25, -0.2) is 0 Å². The Morgan fingerprint density at radius 2 is 1.23 bits per heavy atom. The first kappa shape index (κ1) is 15.3. The molecule has 2 heterocycles. The Morgan fingerprint density at radius 1 is 0.818 bits per heavy atom. The van der Waals surface area contributed by atoms with E-state index in [1.54, 1.807) is 0 Å². The van der Waals surface area contributed by atoms with Crippen LogP contribution in [0.3, 0.4) is 0 Å². The average Bonchev–Trinajstić information content (AvgIpc) is 3.03. The van der Waals surface area contributed by atoms with Gasteiger partial charge in [0.2, 0.25) is 0 Å². The summed E-state index contributed by atoms with van der Waals surface area (Å²) in [5.74, 6) is 1.15. The van der Waals surface area contributed by atoms with E-state index >= 15 is 0 Å². The molecule has 0 unspecified atom stereocenters. The Kier molecular flexibility index (Phi) is 4.37. The topological polar surface area (TPSA) is 52.6 Å². The van der Waals surface area contributed by atoms with E-state index in [0.29, 0.717) is 25.0 Å². The van der Waals surface area contributed by atoms with Crippen molar-refractivity contribution in [1.29, 1.82) is 0 Å². The molecule has 0 aromatic rings.